The van der Waals surface area contributed by atoms with E-state index in [1.807, 2.05) is 43.6 Å². The van der Waals surface area contributed by atoms with E-state index in [9.17, 15) is 0 Å². The molecule has 1 aromatic carbocycles. The smallest absolute Gasteiger partial charge is 0.111 e. The number of nitrogens with zero attached hydrogens (tertiary/aromatic N) is 3. The molecular weight excluding hydrogens is 210 g/mol. The summed E-state index contributed by atoms with van der Waals surface area (Å²) in [6, 6.07) is 10.2. The summed E-state index contributed by atoms with van der Waals surface area (Å²) in [6.45, 7) is 4.09. The molecule has 17 heavy (non-hydrogen) atoms. The molecule has 3 nitrogen and oxygen atoms in total. The van der Waals surface area contributed by atoms with Gasteiger partial charge >= 0.3 is 0 Å². The van der Waals surface area contributed by atoms with Crippen molar-refractivity contribution in [2.24, 2.45) is 0 Å². The van der Waals surface area contributed by atoms with Gasteiger partial charge in [0.15, 0.2) is 0 Å². The lowest BCUT2D eigenvalue weighted by atomic mass is 10.2. The summed E-state index contributed by atoms with van der Waals surface area (Å²) in [5.41, 5.74) is 4.46. The van der Waals surface area contributed by atoms with E-state index in [2.05, 4.69) is 27.5 Å². The van der Waals surface area contributed by atoms with Crippen LogP contribution in [0.25, 0.3) is 16.7 Å². The fraction of sp³-hybridized carbons (Fsp3) is 0.143. The van der Waals surface area contributed by atoms with Crippen molar-refractivity contribution < 1.29 is 0 Å². The van der Waals surface area contributed by atoms with Crippen LogP contribution in [-0.2, 0) is 0 Å². The van der Waals surface area contributed by atoms with E-state index >= 15 is 0 Å². The molecule has 0 fully saturated rings. The fourth-order valence-electron chi connectivity index (χ4n) is 2.17. The molecule has 0 radical (unpaired) electrons. The van der Waals surface area contributed by atoms with Gasteiger partial charge in [-0.05, 0) is 37.6 Å². The fourth-order valence-corrected chi connectivity index (χ4v) is 2.17. The van der Waals surface area contributed by atoms with Crippen LogP contribution in [0.2, 0.25) is 0 Å². The maximum absolute atomic E-state index is 4.57. The number of fused-ring (bicyclic) bond motifs is 1. The molecule has 0 saturated carbocycles. The van der Waals surface area contributed by atoms with Crippen molar-refractivity contribution in [3.05, 3.63) is 54.1 Å². The number of pyridine rings is 1. The standard InChI is InChI=1S/C14H13N3/c1-10-9-15-8-7-13(10)17-11(2)16-12-5-3-4-6-14(12)17/h3-9H,1-2H3. The first-order valence-corrected chi connectivity index (χ1v) is 5.62. The van der Waals surface area contributed by atoms with Gasteiger partial charge in [0, 0.05) is 12.4 Å². The van der Waals surface area contributed by atoms with Crippen LogP contribution in [0.1, 0.15) is 11.4 Å². The van der Waals surface area contributed by atoms with Gasteiger partial charge in [-0.3, -0.25) is 9.55 Å². The highest BCUT2D eigenvalue weighted by molar-refractivity contribution is 5.78. The SMILES string of the molecule is Cc1cnccc1-n1c(C)nc2ccccc21. The van der Waals surface area contributed by atoms with Crippen molar-refractivity contribution in [1.82, 2.24) is 14.5 Å². The Morgan fingerprint density at radius 1 is 1.06 bits per heavy atom. The number of imidazole rings is 1. The molecule has 84 valence electrons. The summed E-state index contributed by atoms with van der Waals surface area (Å²) in [5, 5.41) is 0. The van der Waals surface area contributed by atoms with Crippen molar-refractivity contribution in [1.29, 1.82) is 0 Å². The Kier molecular flexibility index (Phi) is 2.18. The number of para-hydroxylation sites is 2. The molecule has 0 spiro atoms. The average molecular weight is 223 g/mol. The van der Waals surface area contributed by atoms with E-state index < -0.39 is 0 Å². The molecule has 3 aromatic rings. The summed E-state index contributed by atoms with van der Waals surface area (Å²) in [5.74, 6) is 1.00. The van der Waals surface area contributed by atoms with Gasteiger partial charge in [0.1, 0.15) is 5.82 Å². The minimum atomic E-state index is 1.00. The number of hydrogen-bond donors (Lipinski definition) is 0. The summed E-state index contributed by atoms with van der Waals surface area (Å²) < 4.78 is 2.17. The molecular formula is C14H13N3. The van der Waals surface area contributed by atoms with Gasteiger partial charge in [-0.15, -0.1) is 0 Å². The van der Waals surface area contributed by atoms with Gasteiger partial charge < -0.3 is 0 Å². The second kappa shape index (κ2) is 3.70. The van der Waals surface area contributed by atoms with Gasteiger partial charge in [0.05, 0.1) is 16.7 Å². The molecule has 2 aromatic heterocycles. The average Bonchev–Trinajstić information content (AvgIpc) is 2.66. The Bertz CT molecular complexity index is 683. The topological polar surface area (TPSA) is 30.7 Å². The van der Waals surface area contributed by atoms with Crippen LogP contribution in [0.4, 0.5) is 0 Å². The molecule has 0 bridgehead atoms. The highest BCUT2D eigenvalue weighted by Crippen LogP contribution is 2.22. The van der Waals surface area contributed by atoms with E-state index in [-0.39, 0.29) is 0 Å². The van der Waals surface area contributed by atoms with E-state index in [0.717, 1.165) is 28.1 Å². The van der Waals surface area contributed by atoms with Gasteiger partial charge in [-0.1, -0.05) is 12.1 Å². The Morgan fingerprint density at radius 2 is 1.88 bits per heavy atom. The molecule has 0 saturated heterocycles. The zero-order valence-electron chi connectivity index (χ0n) is 9.88. The first-order valence-electron chi connectivity index (χ1n) is 5.62. The van der Waals surface area contributed by atoms with Crippen LogP contribution in [0, 0.1) is 13.8 Å². The maximum Gasteiger partial charge on any atom is 0.111 e. The normalized spacial score (nSPS) is 10.9. The number of benzene rings is 1. The molecule has 0 N–H and O–H groups in total. The largest absolute Gasteiger partial charge is 0.296 e. The van der Waals surface area contributed by atoms with Crippen LogP contribution >= 0.6 is 0 Å². The van der Waals surface area contributed by atoms with Gasteiger partial charge in [0.2, 0.25) is 0 Å². The van der Waals surface area contributed by atoms with Crippen molar-refractivity contribution >= 4 is 11.0 Å². The minimum absolute atomic E-state index is 1.00. The Morgan fingerprint density at radius 3 is 2.71 bits per heavy atom. The highest BCUT2D eigenvalue weighted by atomic mass is 15.1. The number of hydrogen-bond acceptors (Lipinski definition) is 2. The maximum atomic E-state index is 4.57. The van der Waals surface area contributed by atoms with Gasteiger partial charge in [-0.2, -0.15) is 0 Å². The van der Waals surface area contributed by atoms with Crippen LogP contribution in [-0.4, -0.2) is 14.5 Å². The van der Waals surface area contributed by atoms with Crippen molar-refractivity contribution in [2.45, 2.75) is 13.8 Å². The monoisotopic (exact) mass is 223 g/mol. The second-order valence-corrected chi connectivity index (χ2v) is 4.15. The summed E-state index contributed by atoms with van der Waals surface area (Å²) in [4.78, 5) is 8.70. The van der Waals surface area contributed by atoms with Crippen molar-refractivity contribution in [3.8, 4) is 5.69 Å². The Hall–Kier alpha value is -2.16. The van der Waals surface area contributed by atoms with E-state index in [0.29, 0.717) is 0 Å². The Balaban J connectivity index is 2.38. The predicted octanol–water partition coefficient (Wildman–Crippen LogP) is 3.04. The third-order valence-electron chi connectivity index (χ3n) is 2.96. The van der Waals surface area contributed by atoms with Crippen LogP contribution in [0.3, 0.4) is 0 Å². The third-order valence-corrected chi connectivity index (χ3v) is 2.96. The lowest BCUT2D eigenvalue weighted by Gasteiger charge is -2.09. The quantitative estimate of drug-likeness (QED) is 0.634. The molecule has 2 heterocycles. The molecule has 3 rings (SSSR count). The van der Waals surface area contributed by atoms with Crippen molar-refractivity contribution in [3.63, 3.8) is 0 Å². The first-order chi connectivity index (χ1) is 8.27. The van der Waals surface area contributed by atoms with E-state index in [4.69, 9.17) is 0 Å². The lowest BCUT2D eigenvalue weighted by Crippen LogP contribution is -1.99. The third kappa shape index (κ3) is 1.51. The molecule has 0 aliphatic carbocycles. The number of aromatic nitrogens is 3. The van der Waals surface area contributed by atoms with Crippen LogP contribution in [0.15, 0.2) is 42.7 Å². The minimum Gasteiger partial charge on any atom is -0.296 e. The second-order valence-electron chi connectivity index (χ2n) is 4.15. The van der Waals surface area contributed by atoms with Gasteiger partial charge in [0.25, 0.3) is 0 Å². The molecule has 0 aliphatic heterocycles. The summed E-state index contributed by atoms with van der Waals surface area (Å²) in [7, 11) is 0. The van der Waals surface area contributed by atoms with Crippen LogP contribution in [0.5, 0.6) is 0 Å². The molecule has 3 heteroatoms. The zero-order chi connectivity index (χ0) is 11.8. The molecule has 0 atom stereocenters. The first kappa shape index (κ1) is 10.0. The Labute approximate surface area is 99.8 Å². The molecule has 0 unspecified atom stereocenters. The summed E-state index contributed by atoms with van der Waals surface area (Å²) in [6.07, 6.45) is 3.69. The van der Waals surface area contributed by atoms with E-state index in [1.54, 1.807) is 0 Å². The van der Waals surface area contributed by atoms with Crippen LogP contribution < -0.4 is 0 Å². The van der Waals surface area contributed by atoms with Gasteiger partial charge in [-0.25, -0.2) is 4.98 Å². The predicted molar refractivity (Wildman–Crippen MR) is 68.3 cm³/mol. The number of aryl methyl sites for hydroxylation is 2. The molecule has 0 aliphatic rings. The lowest BCUT2D eigenvalue weighted by molar-refractivity contribution is 0.983. The zero-order valence-corrected chi connectivity index (χ0v) is 9.88. The van der Waals surface area contributed by atoms with Crippen molar-refractivity contribution in [2.75, 3.05) is 0 Å². The van der Waals surface area contributed by atoms with E-state index in [1.165, 1.54) is 0 Å². The summed E-state index contributed by atoms with van der Waals surface area (Å²) >= 11 is 0. The molecule has 0 amide bonds. The number of rotatable bonds is 1. The highest BCUT2D eigenvalue weighted by Gasteiger charge is 2.09.